The van der Waals surface area contributed by atoms with E-state index in [0.717, 1.165) is 45.1 Å². The van der Waals surface area contributed by atoms with Gasteiger partial charge in [-0.25, -0.2) is 4.39 Å². The maximum Gasteiger partial charge on any atom is 0.416 e. The Hall–Kier alpha value is -0.600. The smallest absolute Gasteiger partial charge is 0.381 e. The van der Waals surface area contributed by atoms with Crippen LogP contribution in [0, 0.1) is 11.7 Å². The zero-order valence-electron chi connectivity index (χ0n) is 14.2. The van der Waals surface area contributed by atoms with Crippen LogP contribution in [0.25, 0.3) is 0 Å². The molecule has 0 saturated carbocycles. The normalized spacial score (nSPS) is 20.8. The Morgan fingerprint density at radius 1 is 1.08 bits per heavy atom. The first-order valence-electron chi connectivity index (χ1n) is 8.36. The third kappa shape index (κ3) is 5.45. The second-order valence-corrected chi connectivity index (χ2v) is 6.41. The van der Waals surface area contributed by atoms with Gasteiger partial charge in [0.1, 0.15) is 5.82 Å². The van der Waals surface area contributed by atoms with Crippen molar-refractivity contribution < 1.29 is 22.3 Å². The van der Waals surface area contributed by atoms with Crippen LogP contribution >= 0.6 is 24.8 Å². The number of halogens is 6. The maximum absolute atomic E-state index is 14.6. The lowest BCUT2D eigenvalue weighted by Gasteiger charge is -2.41. The Morgan fingerprint density at radius 3 is 2.23 bits per heavy atom. The summed E-state index contributed by atoms with van der Waals surface area (Å²) < 4.78 is 58.4. The summed E-state index contributed by atoms with van der Waals surface area (Å²) >= 11 is 0. The van der Waals surface area contributed by atoms with Crippen LogP contribution in [0.5, 0.6) is 0 Å². The third-order valence-electron chi connectivity index (χ3n) is 4.90. The summed E-state index contributed by atoms with van der Waals surface area (Å²) in [4.78, 5) is 2.19. The summed E-state index contributed by atoms with van der Waals surface area (Å²) in [5.74, 6) is -0.567. The van der Waals surface area contributed by atoms with Gasteiger partial charge >= 0.3 is 6.18 Å². The van der Waals surface area contributed by atoms with E-state index in [9.17, 15) is 17.6 Å². The highest BCUT2D eigenvalue weighted by Crippen LogP contribution is 2.38. The van der Waals surface area contributed by atoms with Crippen molar-refractivity contribution in [3.8, 4) is 0 Å². The number of ether oxygens (including phenoxy) is 1. The van der Waals surface area contributed by atoms with Crippen LogP contribution in [0.1, 0.15) is 30.0 Å². The Labute approximate surface area is 163 Å². The summed E-state index contributed by atoms with van der Waals surface area (Å²) in [6.07, 6.45) is -2.92. The molecule has 3 rings (SSSR count). The lowest BCUT2D eigenvalue weighted by molar-refractivity contribution is -0.137. The van der Waals surface area contributed by atoms with Gasteiger partial charge in [0, 0.05) is 51.0 Å². The Morgan fingerprint density at radius 2 is 1.69 bits per heavy atom. The van der Waals surface area contributed by atoms with Crippen LogP contribution in [-0.2, 0) is 10.9 Å². The maximum atomic E-state index is 14.6. The standard InChI is InChI=1S/C17H22F4N2O.2ClH/c18-15-11-13(17(19,20)21)1-2-14(15)16(12-3-9-24-10-4-12)23-7-5-22-6-8-23;;/h1-2,11-12,16,22H,3-10H2;2*1H/t16-;;/m1../s1. The molecular formula is C17H24Cl2F4N2O. The number of benzene rings is 1. The van der Waals surface area contributed by atoms with Crippen molar-refractivity contribution >= 4 is 24.8 Å². The van der Waals surface area contributed by atoms with Crippen LogP contribution in [0.15, 0.2) is 18.2 Å². The van der Waals surface area contributed by atoms with Gasteiger partial charge in [-0.15, -0.1) is 24.8 Å². The zero-order chi connectivity index (χ0) is 17.2. The second-order valence-electron chi connectivity index (χ2n) is 6.41. The minimum absolute atomic E-state index is 0. The third-order valence-corrected chi connectivity index (χ3v) is 4.90. The van der Waals surface area contributed by atoms with E-state index in [1.54, 1.807) is 0 Å². The molecule has 9 heteroatoms. The van der Waals surface area contributed by atoms with Crippen molar-refractivity contribution in [2.45, 2.75) is 25.1 Å². The van der Waals surface area contributed by atoms with Crippen molar-refractivity contribution in [2.24, 2.45) is 5.92 Å². The van der Waals surface area contributed by atoms with Gasteiger partial charge in [-0.3, -0.25) is 4.90 Å². The molecule has 0 unspecified atom stereocenters. The van der Waals surface area contributed by atoms with Gasteiger partial charge in [0.2, 0.25) is 0 Å². The highest BCUT2D eigenvalue weighted by molar-refractivity contribution is 5.85. The number of rotatable bonds is 3. The summed E-state index contributed by atoms with van der Waals surface area (Å²) in [6.45, 7) is 4.39. The molecule has 1 atom stereocenters. The number of piperazine rings is 1. The number of nitrogens with zero attached hydrogens (tertiary/aromatic N) is 1. The predicted molar refractivity (Wildman–Crippen MR) is 96.6 cm³/mol. The molecule has 0 spiro atoms. The van der Waals surface area contributed by atoms with Crippen molar-refractivity contribution in [1.82, 2.24) is 10.2 Å². The average Bonchev–Trinajstić information content (AvgIpc) is 2.58. The summed E-state index contributed by atoms with van der Waals surface area (Å²) in [7, 11) is 0. The van der Waals surface area contributed by atoms with E-state index in [4.69, 9.17) is 4.74 Å². The predicted octanol–water partition coefficient (Wildman–Crippen LogP) is 4.06. The zero-order valence-corrected chi connectivity index (χ0v) is 15.9. The number of hydrogen-bond acceptors (Lipinski definition) is 3. The molecule has 2 saturated heterocycles. The monoisotopic (exact) mass is 418 g/mol. The summed E-state index contributed by atoms with van der Waals surface area (Å²) in [5, 5.41) is 3.26. The van der Waals surface area contributed by atoms with Crippen molar-refractivity contribution in [1.29, 1.82) is 0 Å². The first-order valence-corrected chi connectivity index (χ1v) is 8.36. The quantitative estimate of drug-likeness (QED) is 0.748. The van der Waals surface area contributed by atoms with E-state index in [1.807, 2.05) is 0 Å². The SMILES string of the molecule is Cl.Cl.Fc1cc(C(F)(F)F)ccc1[C@@H](C1CCOCC1)N1CCNCC1. The molecule has 0 aromatic heterocycles. The first kappa shape index (κ1) is 23.4. The lowest BCUT2D eigenvalue weighted by Crippen LogP contribution is -2.47. The van der Waals surface area contributed by atoms with Gasteiger partial charge in [-0.1, -0.05) is 6.07 Å². The summed E-state index contributed by atoms with van der Waals surface area (Å²) in [5.41, 5.74) is -0.563. The fraction of sp³-hybridized carbons (Fsp3) is 0.647. The molecule has 2 fully saturated rings. The number of alkyl halides is 3. The van der Waals surface area contributed by atoms with Gasteiger partial charge in [-0.2, -0.15) is 13.2 Å². The molecule has 0 bridgehead atoms. The van der Waals surface area contributed by atoms with E-state index in [-0.39, 0.29) is 36.8 Å². The molecule has 0 aliphatic carbocycles. The van der Waals surface area contributed by atoms with Crippen LogP contribution in [0.4, 0.5) is 17.6 Å². The van der Waals surface area contributed by atoms with Crippen LogP contribution in [0.3, 0.4) is 0 Å². The molecule has 2 heterocycles. The Kier molecular flexibility index (Phi) is 9.09. The molecule has 0 radical (unpaired) electrons. The molecule has 1 N–H and O–H groups in total. The molecule has 3 nitrogen and oxygen atoms in total. The Balaban J connectivity index is 0.00000169. The van der Waals surface area contributed by atoms with Gasteiger partial charge in [0.25, 0.3) is 0 Å². The van der Waals surface area contributed by atoms with Crippen LogP contribution < -0.4 is 5.32 Å². The highest BCUT2D eigenvalue weighted by Gasteiger charge is 2.35. The van der Waals surface area contributed by atoms with E-state index < -0.39 is 17.6 Å². The minimum atomic E-state index is -4.53. The molecule has 0 amide bonds. The van der Waals surface area contributed by atoms with Gasteiger partial charge in [0.05, 0.1) is 5.56 Å². The Bertz CT molecular complexity index is 544. The number of hydrogen-bond donors (Lipinski definition) is 1. The lowest BCUT2D eigenvalue weighted by atomic mass is 9.85. The fourth-order valence-corrected chi connectivity index (χ4v) is 3.68. The highest BCUT2D eigenvalue weighted by atomic mass is 35.5. The molecule has 2 aliphatic heterocycles. The van der Waals surface area contributed by atoms with Crippen LogP contribution in [-0.4, -0.2) is 44.3 Å². The molecule has 26 heavy (non-hydrogen) atoms. The van der Waals surface area contributed by atoms with E-state index in [0.29, 0.717) is 24.8 Å². The van der Waals surface area contributed by atoms with E-state index >= 15 is 0 Å². The fourth-order valence-electron chi connectivity index (χ4n) is 3.68. The van der Waals surface area contributed by atoms with Gasteiger partial charge < -0.3 is 10.1 Å². The largest absolute Gasteiger partial charge is 0.416 e. The van der Waals surface area contributed by atoms with E-state index in [2.05, 4.69) is 10.2 Å². The van der Waals surface area contributed by atoms with E-state index in [1.165, 1.54) is 6.07 Å². The van der Waals surface area contributed by atoms with Crippen molar-refractivity contribution in [3.05, 3.63) is 35.1 Å². The van der Waals surface area contributed by atoms with Crippen molar-refractivity contribution in [2.75, 3.05) is 39.4 Å². The molecule has 2 aliphatic rings. The van der Waals surface area contributed by atoms with Crippen molar-refractivity contribution in [3.63, 3.8) is 0 Å². The second kappa shape index (κ2) is 10.1. The molecule has 150 valence electrons. The van der Waals surface area contributed by atoms with Gasteiger partial charge in [0.15, 0.2) is 0 Å². The first-order chi connectivity index (χ1) is 11.5. The van der Waals surface area contributed by atoms with Gasteiger partial charge in [-0.05, 0) is 30.9 Å². The van der Waals surface area contributed by atoms with Crippen LogP contribution in [0.2, 0.25) is 0 Å². The molecule has 1 aromatic carbocycles. The molecular weight excluding hydrogens is 395 g/mol. The molecule has 1 aromatic rings. The summed E-state index contributed by atoms with van der Waals surface area (Å²) in [6, 6.07) is 2.75. The topological polar surface area (TPSA) is 24.5 Å². The average molecular weight is 419 g/mol. The number of nitrogens with one attached hydrogen (secondary N) is 1. The minimum Gasteiger partial charge on any atom is -0.381 e.